The quantitative estimate of drug-likeness (QED) is 0.584. The van der Waals surface area contributed by atoms with Gasteiger partial charge in [-0.25, -0.2) is 0 Å². The molecule has 0 aliphatic carbocycles. The number of rotatable bonds is 8. The zero-order chi connectivity index (χ0) is 19.9. The van der Waals surface area contributed by atoms with Crippen LogP contribution in [-0.4, -0.2) is 33.5 Å². The summed E-state index contributed by atoms with van der Waals surface area (Å²) >= 11 is 1.36. The highest BCUT2D eigenvalue weighted by Crippen LogP contribution is 2.27. The number of hydrogen-bond acceptors (Lipinski definition) is 5. The molecule has 7 heteroatoms. The Balaban J connectivity index is 1.65. The zero-order valence-electron chi connectivity index (χ0n) is 16.3. The first-order valence-electron chi connectivity index (χ1n) is 9.14. The Morgan fingerprint density at radius 3 is 2.68 bits per heavy atom. The molecule has 0 radical (unpaired) electrons. The van der Waals surface area contributed by atoms with Gasteiger partial charge in [0.05, 0.1) is 18.9 Å². The highest BCUT2D eigenvalue weighted by atomic mass is 32.2. The number of aromatic nitrogens is 3. The summed E-state index contributed by atoms with van der Waals surface area (Å²) < 4.78 is 7.31. The fourth-order valence-corrected chi connectivity index (χ4v) is 3.67. The minimum absolute atomic E-state index is 0.0544. The smallest absolute Gasteiger partial charge is 0.230 e. The first kappa shape index (κ1) is 19.9. The number of benzene rings is 2. The Bertz CT molecular complexity index is 924. The number of carbonyl (C=O) groups excluding carboxylic acids is 1. The summed E-state index contributed by atoms with van der Waals surface area (Å²) in [5.74, 6) is 0.985. The number of para-hydroxylation sites is 1. The fraction of sp³-hybridized carbons (Fsp3) is 0.286. The number of hydrogen-bond donors (Lipinski definition) is 1. The summed E-state index contributed by atoms with van der Waals surface area (Å²) in [5.41, 5.74) is 3.14. The molecule has 2 aromatic carbocycles. The van der Waals surface area contributed by atoms with Crippen molar-refractivity contribution in [2.24, 2.45) is 0 Å². The van der Waals surface area contributed by atoms with E-state index in [4.69, 9.17) is 4.74 Å². The third-order valence-corrected chi connectivity index (χ3v) is 5.36. The first-order valence-corrected chi connectivity index (χ1v) is 10.1. The molecule has 0 saturated heterocycles. The second kappa shape index (κ2) is 9.41. The SMILES string of the molecule is CCC(NC(=O)CSc1nncn1-c1ccc(C)cc1)c1ccccc1OC. The number of thioether (sulfide) groups is 1. The zero-order valence-corrected chi connectivity index (χ0v) is 17.1. The highest BCUT2D eigenvalue weighted by molar-refractivity contribution is 7.99. The van der Waals surface area contributed by atoms with Crippen LogP contribution in [0.2, 0.25) is 0 Å². The van der Waals surface area contributed by atoms with E-state index in [0.29, 0.717) is 5.16 Å². The number of aryl methyl sites for hydroxylation is 1. The van der Waals surface area contributed by atoms with Crippen LogP contribution in [0.1, 0.15) is 30.5 Å². The normalized spacial score (nSPS) is 11.8. The summed E-state index contributed by atoms with van der Waals surface area (Å²) in [6.07, 6.45) is 2.44. The van der Waals surface area contributed by atoms with E-state index < -0.39 is 0 Å². The van der Waals surface area contributed by atoms with Crippen LogP contribution in [0.3, 0.4) is 0 Å². The van der Waals surface area contributed by atoms with E-state index in [1.165, 1.54) is 17.3 Å². The summed E-state index contributed by atoms with van der Waals surface area (Å²) in [7, 11) is 1.64. The van der Waals surface area contributed by atoms with E-state index in [-0.39, 0.29) is 17.7 Å². The summed E-state index contributed by atoms with van der Waals surface area (Å²) in [6, 6.07) is 15.8. The Morgan fingerprint density at radius 2 is 1.96 bits per heavy atom. The largest absolute Gasteiger partial charge is 0.496 e. The molecule has 0 spiro atoms. The molecule has 1 aromatic heterocycles. The van der Waals surface area contributed by atoms with Gasteiger partial charge in [0, 0.05) is 11.3 Å². The summed E-state index contributed by atoms with van der Waals surface area (Å²) in [5, 5.41) is 11.9. The molecule has 3 aromatic rings. The number of amides is 1. The van der Waals surface area contributed by atoms with Crippen LogP contribution in [0.4, 0.5) is 0 Å². The molecular weight excluding hydrogens is 372 g/mol. The average Bonchev–Trinajstić information content (AvgIpc) is 3.19. The molecule has 0 bridgehead atoms. The van der Waals surface area contributed by atoms with Gasteiger partial charge >= 0.3 is 0 Å². The van der Waals surface area contributed by atoms with Gasteiger partial charge in [-0.15, -0.1) is 10.2 Å². The average molecular weight is 397 g/mol. The van der Waals surface area contributed by atoms with Crippen molar-refractivity contribution in [3.8, 4) is 11.4 Å². The van der Waals surface area contributed by atoms with Crippen molar-refractivity contribution in [3.05, 3.63) is 66.0 Å². The van der Waals surface area contributed by atoms with Crippen molar-refractivity contribution in [1.82, 2.24) is 20.1 Å². The van der Waals surface area contributed by atoms with E-state index in [9.17, 15) is 4.79 Å². The Hall–Kier alpha value is -2.80. The van der Waals surface area contributed by atoms with Crippen LogP contribution in [0.5, 0.6) is 5.75 Å². The van der Waals surface area contributed by atoms with E-state index in [2.05, 4.69) is 15.5 Å². The minimum Gasteiger partial charge on any atom is -0.496 e. The van der Waals surface area contributed by atoms with E-state index >= 15 is 0 Å². The molecule has 0 aliphatic heterocycles. The van der Waals surface area contributed by atoms with Crippen molar-refractivity contribution in [2.45, 2.75) is 31.5 Å². The van der Waals surface area contributed by atoms with E-state index in [0.717, 1.165) is 23.4 Å². The third kappa shape index (κ3) is 4.72. The Kier molecular flexibility index (Phi) is 6.71. The number of carbonyl (C=O) groups is 1. The van der Waals surface area contributed by atoms with Gasteiger partial charge in [0.2, 0.25) is 5.91 Å². The molecule has 1 unspecified atom stereocenters. The lowest BCUT2D eigenvalue weighted by molar-refractivity contribution is -0.119. The lowest BCUT2D eigenvalue weighted by Gasteiger charge is -2.19. The molecule has 1 heterocycles. The van der Waals surface area contributed by atoms with Crippen LogP contribution in [0.15, 0.2) is 60.0 Å². The van der Waals surface area contributed by atoms with Crippen molar-refractivity contribution in [3.63, 3.8) is 0 Å². The predicted molar refractivity (Wildman–Crippen MR) is 111 cm³/mol. The van der Waals surface area contributed by atoms with Crippen molar-refractivity contribution < 1.29 is 9.53 Å². The lowest BCUT2D eigenvalue weighted by atomic mass is 10.0. The highest BCUT2D eigenvalue weighted by Gasteiger charge is 2.17. The molecular formula is C21H24N4O2S. The van der Waals surface area contributed by atoms with Crippen LogP contribution < -0.4 is 10.1 Å². The molecule has 1 atom stereocenters. The summed E-state index contributed by atoms with van der Waals surface area (Å²) in [4.78, 5) is 12.5. The second-order valence-corrected chi connectivity index (χ2v) is 7.32. The van der Waals surface area contributed by atoms with Crippen LogP contribution in [0, 0.1) is 6.92 Å². The van der Waals surface area contributed by atoms with Gasteiger partial charge in [-0.2, -0.15) is 0 Å². The number of methoxy groups -OCH3 is 1. The topological polar surface area (TPSA) is 69.0 Å². The van der Waals surface area contributed by atoms with Gasteiger partial charge in [0.25, 0.3) is 0 Å². The van der Waals surface area contributed by atoms with Crippen molar-refractivity contribution in [2.75, 3.05) is 12.9 Å². The maximum Gasteiger partial charge on any atom is 0.230 e. The first-order chi connectivity index (χ1) is 13.6. The fourth-order valence-electron chi connectivity index (χ4n) is 2.93. The van der Waals surface area contributed by atoms with Crippen LogP contribution >= 0.6 is 11.8 Å². The number of ether oxygens (including phenoxy) is 1. The van der Waals surface area contributed by atoms with Gasteiger partial charge in [-0.05, 0) is 31.5 Å². The number of nitrogens with one attached hydrogen (secondary N) is 1. The maximum atomic E-state index is 12.5. The van der Waals surface area contributed by atoms with Gasteiger partial charge in [0.15, 0.2) is 5.16 Å². The predicted octanol–water partition coefficient (Wildman–Crippen LogP) is 3.94. The molecule has 6 nitrogen and oxygen atoms in total. The molecule has 1 N–H and O–H groups in total. The molecule has 146 valence electrons. The molecule has 0 saturated carbocycles. The van der Waals surface area contributed by atoms with Gasteiger partial charge < -0.3 is 10.1 Å². The minimum atomic E-state index is -0.0979. The lowest BCUT2D eigenvalue weighted by Crippen LogP contribution is -2.30. The summed E-state index contributed by atoms with van der Waals surface area (Å²) in [6.45, 7) is 4.08. The standard InChI is InChI=1S/C21H24N4O2S/c1-4-18(17-7-5-6-8-19(17)27-3)23-20(26)13-28-21-24-22-14-25(21)16-11-9-15(2)10-12-16/h5-12,14,18H,4,13H2,1-3H3,(H,23,26). The van der Waals surface area contributed by atoms with Crippen molar-refractivity contribution in [1.29, 1.82) is 0 Å². The Labute approximate surface area is 169 Å². The molecule has 28 heavy (non-hydrogen) atoms. The van der Waals surface area contributed by atoms with Gasteiger partial charge in [0.1, 0.15) is 12.1 Å². The van der Waals surface area contributed by atoms with Gasteiger partial charge in [-0.3, -0.25) is 9.36 Å². The third-order valence-electron chi connectivity index (χ3n) is 4.42. The number of nitrogens with zero attached hydrogens (tertiary/aromatic N) is 3. The van der Waals surface area contributed by atoms with Gasteiger partial charge in [-0.1, -0.05) is 54.6 Å². The monoisotopic (exact) mass is 396 g/mol. The van der Waals surface area contributed by atoms with Crippen molar-refractivity contribution >= 4 is 17.7 Å². The molecule has 3 rings (SSSR count). The second-order valence-electron chi connectivity index (χ2n) is 6.38. The molecule has 0 aliphatic rings. The Morgan fingerprint density at radius 1 is 1.21 bits per heavy atom. The van der Waals surface area contributed by atoms with Crippen LogP contribution in [-0.2, 0) is 4.79 Å². The maximum absolute atomic E-state index is 12.5. The molecule has 0 fully saturated rings. The van der Waals surface area contributed by atoms with E-state index in [1.54, 1.807) is 13.4 Å². The van der Waals surface area contributed by atoms with Crippen LogP contribution in [0.25, 0.3) is 5.69 Å². The molecule has 1 amide bonds. The van der Waals surface area contributed by atoms with E-state index in [1.807, 2.05) is 66.9 Å².